The maximum Gasteiger partial charge on any atom is 0.232 e. The van der Waals surface area contributed by atoms with Gasteiger partial charge in [0.05, 0.1) is 13.2 Å². The maximum absolute atomic E-state index is 14.0. The Bertz CT molecular complexity index is 1040. The normalized spacial score (nSPS) is 16.8. The standard InChI is InChI=1S/C26H25O2P/c1-18-16-19(2)23(20(3)17-18)24(27)25-26(14-15-29(25)28,21-10-6-4-7-11-21)22-12-8-5-9-13-22/h4-13,16-17H,14-15H2,1-3H3. The van der Waals surface area contributed by atoms with Crippen LogP contribution in [0.3, 0.4) is 0 Å². The van der Waals surface area contributed by atoms with Crippen molar-refractivity contribution in [2.24, 2.45) is 0 Å². The second-order valence-electron chi connectivity index (χ2n) is 7.94. The fourth-order valence-electron chi connectivity index (χ4n) is 4.85. The monoisotopic (exact) mass is 400 g/mol. The van der Waals surface area contributed by atoms with Gasteiger partial charge in [0.25, 0.3) is 0 Å². The largest absolute Gasteiger partial charge is 0.630 e. The zero-order valence-corrected chi connectivity index (χ0v) is 18.0. The highest BCUT2D eigenvalue weighted by molar-refractivity contribution is 7.55. The number of benzene rings is 3. The van der Waals surface area contributed by atoms with Gasteiger partial charge in [-0.2, -0.15) is 0 Å². The van der Waals surface area contributed by atoms with Gasteiger partial charge in [0.15, 0.2) is 5.29 Å². The maximum atomic E-state index is 14.0. The predicted octanol–water partition coefficient (Wildman–Crippen LogP) is 5.11. The summed E-state index contributed by atoms with van der Waals surface area (Å²) in [7, 11) is -1.74. The number of Topliss-reactive ketones (excluding diaryl/α,β-unsaturated/α-hetero) is 1. The van der Waals surface area contributed by atoms with Gasteiger partial charge in [0.2, 0.25) is 5.78 Å². The third-order valence-electron chi connectivity index (χ3n) is 6.00. The first kappa shape index (κ1) is 19.8. The minimum atomic E-state index is -1.74. The van der Waals surface area contributed by atoms with E-state index in [4.69, 9.17) is 0 Å². The Labute approximate surface area is 173 Å². The topological polar surface area (TPSA) is 40.1 Å². The molecule has 0 spiro atoms. The van der Waals surface area contributed by atoms with Crippen molar-refractivity contribution in [3.63, 3.8) is 0 Å². The molecule has 1 atom stereocenters. The van der Waals surface area contributed by atoms with Crippen LogP contribution in [-0.4, -0.2) is 17.2 Å². The Morgan fingerprint density at radius 2 is 1.34 bits per heavy atom. The van der Waals surface area contributed by atoms with Crippen molar-refractivity contribution in [2.45, 2.75) is 32.6 Å². The molecule has 0 saturated carbocycles. The molecule has 1 unspecified atom stereocenters. The van der Waals surface area contributed by atoms with Gasteiger partial charge < -0.3 is 4.89 Å². The molecule has 0 N–H and O–H groups in total. The SMILES string of the molecule is Cc1cc(C)c(C(=O)C2=[P+]([O-])CCC2(c2ccccc2)c2ccccc2)c(C)c1. The van der Waals surface area contributed by atoms with Crippen molar-refractivity contribution in [3.05, 3.63) is 106 Å². The third-order valence-corrected chi connectivity index (χ3v) is 7.71. The lowest BCUT2D eigenvalue weighted by Crippen LogP contribution is -2.39. The van der Waals surface area contributed by atoms with E-state index in [0.29, 0.717) is 23.4 Å². The van der Waals surface area contributed by atoms with Gasteiger partial charge in [-0.1, -0.05) is 78.4 Å². The van der Waals surface area contributed by atoms with Crippen molar-refractivity contribution >= 4 is 18.8 Å². The second kappa shape index (κ2) is 7.71. The van der Waals surface area contributed by atoms with Crippen molar-refractivity contribution in [2.75, 3.05) is 6.16 Å². The minimum Gasteiger partial charge on any atom is -0.630 e. The number of aryl methyl sites for hydroxylation is 3. The van der Waals surface area contributed by atoms with Gasteiger partial charge in [-0.15, -0.1) is 0 Å². The van der Waals surface area contributed by atoms with Crippen LogP contribution in [0.25, 0.3) is 0 Å². The molecule has 0 aliphatic carbocycles. The highest BCUT2D eigenvalue weighted by Gasteiger charge is 2.51. The van der Waals surface area contributed by atoms with Gasteiger partial charge in [-0.3, -0.25) is 4.79 Å². The number of carbonyl (C=O) groups excluding carboxylic acids is 1. The average molecular weight is 400 g/mol. The van der Waals surface area contributed by atoms with Crippen LogP contribution in [0.4, 0.5) is 0 Å². The van der Waals surface area contributed by atoms with E-state index in [0.717, 1.165) is 27.8 Å². The van der Waals surface area contributed by atoms with Crippen LogP contribution >= 0.6 is 7.77 Å². The smallest absolute Gasteiger partial charge is 0.232 e. The molecule has 0 aromatic heterocycles. The first-order valence-electron chi connectivity index (χ1n) is 10.0. The molecule has 3 aromatic rings. The Morgan fingerprint density at radius 1 is 0.862 bits per heavy atom. The van der Waals surface area contributed by atoms with Crippen LogP contribution in [0.2, 0.25) is 0 Å². The van der Waals surface area contributed by atoms with E-state index in [1.54, 1.807) is 0 Å². The highest BCUT2D eigenvalue weighted by Crippen LogP contribution is 2.49. The van der Waals surface area contributed by atoms with Crippen molar-refractivity contribution < 1.29 is 9.69 Å². The summed E-state index contributed by atoms with van der Waals surface area (Å²) in [6.45, 7) is 5.99. The molecular weight excluding hydrogens is 375 g/mol. The van der Waals surface area contributed by atoms with Crippen LogP contribution in [0.1, 0.15) is 44.6 Å². The fraction of sp³-hybridized carbons (Fsp3) is 0.231. The van der Waals surface area contributed by atoms with Crippen molar-refractivity contribution in [1.29, 1.82) is 0 Å². The van der Waals surface area contributed by atoms with E-state index < -0.39 is 13.2 Å². The molecule has 29 heavy (non-hydrogen) atoms. The van der Waals surface area contributed by atoms with Crippen LogP contribution in [0, 0.1) is 20.8 Å². The molecule has 0 amide bonds. The third kappa shape index (κ3) is 3.27. The molecule has 0 saturated heterocycles. The Kier molecular flexibility index (Phi) is 5.25. The zero-order chi connectivity index (χ0) is 20.6. The van der Waals surface area contributed by atoms with Crippen LogP contribution in [-0.2, 0) is 5.41 Å². The summed E-state index contributed by atoms with van der Waals surface area (Å²) in [4.78, 5) is 27.3. The minimum absolute atomic E-state index is 0.0636. The lowest BCUT2D eigenvalue weighted by Gasteiger charge is -2.30. The number of carbonyl (C=O) groups is 1. The Morgan fingerprint density at radius 3 is 1.83 bits per heavy atom. The van der Waals surface area contributed by atoms with Gasteiger partial charge in [0.1, 0.15) is 6.16 Å². The molecule has 1 aliphatic rings. The molecule has 0 bridgehead atoms. The quantitative estimate of drug-likeness (QED) is 0.451. The van der Waals surface area contributed by atoms with E-state index >= 15 is 0 Å². The highest BCUT2D eigenvalue weighted by atomic mass is 31.1. The second-order valence-corrected chi connectivity index (χ2v) is 9.59. The molecule has 146 valence electrons. The van der Waals surface area contributed by atoms with Crippen LogP contribution < -0.4 is 4.89 Å². The Hall–Kier alpha value is -2.54. The summed E-state index contributed by atoms with van der Waals surface area (Å²) in [5.41, 5.74) is 5.17. The predicted molar refractivity (Wildman–Crippen MR) is 120 cm³/mol. The molecule has 1 heterocycles. The van der Waals surface area contributed by atoms with E-state index in [9.17, 15) is 9.69 Å². The molecule has 0 fully saturated rings. The summed E-state index contributed by atoms with van der Waals surface area (Å²) in [6, 6.07) is 24.3. The summed E-state index contributed by atoms with van der Waals surface area (Å²) in [5.74, 6) is -0.0636. The molecule has 1 aliphatic heterocycles. The number of hydrogen-bond acceptors (Lipinski definition) is 2. The molecule has 3 heteroatoms. The lowest BCUT2D eigenvalue weighted by molar-refractivity contribution is -0.152. The summed E-state index contributed by atoms with van der Waals surface area (Å²) in [5, 5.41) is 0.556. The van der Waals surface area contributed by atoms with Crippen LogP contribution in [0.5, 0.6) is 0 Å². The van der Waals surface area contributed by atoms with Gasteiger partial charge in [-0.25, -0.2) is 0 Å². The van der Waals surface area contributed by atoms with Gasteiger partial charge in [-0.05, 0) is 43.0 Å². The number of ketones is 1. The molecule has 2 nitrogen and oxygen atoms in total. The first-order valence-corrected chi connectivity index (χ1v) is 11.5. The fourth-order valence-corrected chi connectivity index (χ4v) is 6.75. The van der Waals surface area contributed by atoms with Gasteiger partial charge in [0, 0.05) is 12.0 Å². The van der Waals surface area contributed by atoms with Crippen molar-refractivity contribution in [3.8, 4) is 0 Å². The molecular formula is C26H25O2P. The van der Waals surface area contributed by atoms with E-state index in [1.165, 1.54) is 0 Å². The Balaban J connectivity index is 1.98. The lowest BCUT2D eigenvalue weighted by atomic mass is 9.68. The van der Waals surface area contributed by atoms with E-state index in [-0.39, 0.29) is 5.78 Å². The van der Waals surface area contributed by atoms with E-state index in [1.807, 2.05) is 69.3 Å². The van der Waals surface area contributed by atoms with Crippen LogP contribution in [0.15, 0.2) is 72.8 Å². The molecule has 3 aromatic carbocycles. The summed E-state index contributed by atoms with van der Waals surface area (Å²) in [6.07, 6.45) is 1.21. The molecule has 0 radical (unpaired) electrons. The molecule has 4 rings (SSSR count). The summed E-state index contributed by atoms with van der Waals surface area (Å²) < 4.78 is 0. The average Bonchev–Trinajstić information content (AvgIpc) is 3.06. The van der Waals surface area contributed by atoms with Gasteiger partial charge >= 0.3 is 0 Å². The number of rotatable bonds is 4. The zero-order valence-electron chi connectivity index (χ0n) is 17.1. The summed E-state index contributed by atoms with van der Waals surface area (Å²) >= 11 is 0. The van der Waals surface area contributed by atoms with Crippen molar-refractivity contribution in [1.82, 2.24) is 0 Å². The number of hydrogen-bond donors (Lipinski definition) is 0. The van der Waals surface area contributed by atoms with E-state index in [2.05, 4.69) is 24.3 Å². The first-order chi connectivity index (χ1) is 13.9.